The molecule has 0 spiro atoms. The van der Waals surface area contributed by atoms with Crippen molar-refractivity contribution in [3.8, 4) is 0 Å². The van der Waals surface area contributed by atoms with Gasteiger partial charge in [0.1, 0.15) is 5.82 Å². The van der Waals surface area contributed by atoms with Crippen molar-refractivity contribution in [2.75, 3.05) is 18.9 Å². The zero-order valence-corrected chi connectivity index (χ0v) is 13.5. The second kappa shape index (κ2) is 6.01. The molecule has 0 saturated carbocycles. The zero-order valence-electron chi connectivity index (χ0n) is 13.5. The number of nitrogens with one attached hydrogen (secondary N) is 1. The van der Waals surface area contributed by atoms with Gasteiger partial charge in [-0.2, -0.15) is 0 Å². The number of likely N-dealkylation sites (tertiary alicyclic amines) is 1. The molecule has 0 bridgehead atoms. The van der Waals surface area contributed by atoms with Gasteiger partial charge in [0.2, 0.25) is 0 Å². The molecule has 1 aliphatic heterocycles. The minimum absolute atomic E-state index is 0.110. The molecule has 2 aromatic rings. The summed E-state index contributed by atoms with van der Waals surface area (Å²) in [7, 11) is 1.90. The summed E-state index contributed by atoms with van der Waals surface area (Å²) < 4.78 is 0. The van der Waals surface area contributed by atoms with Gasteiger partial charge in [-0.3, -0.25) is 9.88 Å². The Morgan fingerprint density at radius 1 is 1.27 bits per heavy atom. The van der Waals surface area contributed by atoms with Crippen LogP contribution in [0.25, 0.3) is 0 Å². The van der Waals surface area contributed by atoms with Crippen LogP contribution in [0.4, 0.5) is 5.82 Å². The molecule has 0 aliphatic carbocycles. The molecule has 1 N–H and O–H groups in total. The summed E-state index contributed by atoms with van der Waals surface area (Å²) in [6.07, 6.45) is 5.97. The van der Waals surface area contributed by atoms with E-state index in [2.05, 4.69) is 34.3 Å². The number of nitrogens with zero attached hydrogens (tertiary/aromatic N) is 4. The molecule has 3 rings (SSSR count). The van der Waals surface area contributed by atoms with Crippen LogP contribution >= 0.6 is 0 Å². The lowest BCUT2D eigenvalue weighted by molar-refractivity contribution is 0.137. The maximum absolute atomic E-state index is 4.72. The van der Waals surface area contributed by atoms with E-state index >= 15 is 0 Å². The fourth-order valence-corrected chi connectivity index (χ4v) is 3.17. The topological polar surface area (TPSA) is 53.9 Å². The summed E-state index contributed by atoms with van der Waals surface area (Å²) >= 11 is 0. The number of aryl methyl sites for hydroxylation is 1. The molecule has 2 aromatic heterocycles. The van der Waals surface area contributed by atoms with E-state index in [0.717, 1.165) is 36.8 Å². The summed E-state index contributed by atoms with van der Waals surface area (Å²) in [5, 5.41) is 3.14. The van der Waals surface area contributed by atoms with Crippen LogP contribution < -0.4 is 5.32 Å². The van der Waals surface area contributed by atoms with Crippen molar-refractivity contribution in [3.63, 3.8) is 0 Å². The number of hydrogen-bond donors (Lipinski definition) is 1. The predicted octanol–water partition coefficient (Wildman–Crippen LogP) is 2.73. The standard InChI is InChI=1S/C17H23N5/c1-13-11-15(18-3)21-16(20-13)17(2)7-4-10-22(17)12-14-5-8-19-9-6-14/h5-6,8-9,11H,4,7,10,12H2,1-3H3,(H,18,20,21). The molecule has 1 atom stereocenters. The molecule has 1 fully saturated rings. The normalized spacial score (nSPS) is 22.0. The van der Waals surface area contributed by atoms with Crippen LogP contribution in [0, 0.1) is 6.92 Å². The number of hydrogen-bond acceptors (Lipinski definition) is 5. The van der Waals surface area contributed by atoms with Gasteiger partial charge in [0.15, 0.2) is 5.82 Å². The largest absolute Gasteiger partial charge is 0.373 e. The predicted molar refractivity (Wildman–Crippen MR) is 87.5 cm³/mol. The maximum atomic E-state index is 4.72. The first-order chi connectivity index (χ1) is 10.6. The van der Waals surface area contributed by atoms with Crippen molar-refractivity contribution in [2.45, 2.75) is 38.8 Å². The molecule has 1 unspecified atom stereocenters. The number of pyridine rings is 1. The van der Waals surface area contributed by atoms with E-state index in [1.165, 1.54) is 12.0 Å². The third-order valence-electron chi connectivity index (χ3n) is 4.50. The lowest BCUT2D eigenvalue weighted by Gasteiger charge is -2.34. The summed E-state index contributed by atoms with van der Waals surface area (Å²) in [5.74, 6) is 1.81. The van der Waals surface area contributed by atoms with Gasteiger partial charge in [0, 0.05) is 37.7 Å². The first-order valence-corrected chi connectivity index (χ1v) is 7.80. The smallest absolute Gasteiger partial charge is 0.150 e. The second-order valence-electron chi connectivity index (χ2n) is 6.12. The Kier molecular flexibility index (Phi) is 4.07. The SMILES string of the molecule is CNc1cc(C)nc(C2(C)CCCN2Cc2ccncc2)n1. The molecule has 5 nitrogen and oxygen atoms in total. The van der Waals surface area contributed by atoms with Gasteiger partial charge in [-0.25, -0.2) is 9.97 Å². The average molecular weight is 297 g/mol. The van der Waals surface area contributed by atoms with E-state index in [4.69, 9.17) is 9.97 Å². The fourth-order valence-electron chi connectivity index (χ4n) is 3.17. The monoisotopic (exact) mass is 297 g/mol. The highest BCUT2D eigenvalue weighted by Crippen LogP contribution is 2.38. The van der Waals surface area contributed by atoms with Crippen LogP contribution in [0.3, 0.4) is 0 Å². The summed E-state index contributed by atoms with van der Waals surface area (Å²) in [6.45, 7) is 6.27. The van der Waals surface area contributed by atoms with E-state index in [0.29, 0.717) is 0 Å². The summed E-state index contributed by atoms with van der Waals surface area (Å²) in [5.41, 5.74) is 2.18. The van der Waals surface area contributed by atoms with Crippen LogP contribution in [0.2, 0.25) is 0 Å². The Balaban J connectivity index is 1.91. The molecule has 5 heteroatoms. The minimum atomic E-state index is -0.110. The molecule has 22 heavy (non-hydrogen) atoms. The Morgan fingerprint density at radius 2 is 2.05 bits per heavy atom. The summed E-state index contributed by atoms with van der Waals surface area (Å²) in [6, 6.07) is 6.14. The van der Waals surface area contributed by atoms with Gasteiger partial charge in [-0.05, 0) is 50.9 Å². The minimum Gasteiger partial charge on any atom is -0.373 e. The average Bonchev–Trinajstić information content (AvgIpc) is 2.90. The van der Waals surface area contributed by atoms with Crippen LogP contribution in [0.15, 0.2) is 30.6 Å². The Labute approximate surface area is 131 Å². The van der Waals surface area contributed by atoms with Crippen molar-refractivity contribution in [2.24, 2.45) is 0 Å². The molecular weight excluding hydrogens is 274 g/mol. The van der Waals surface area contributed by atoms with Gasteiger partial charge in [-0.15, -0.1) is 0 Å². The van der Waals surface area contributed by atoms with Crippen molar-refractivity contribution in [1.29, 1.82) is 0 Å². The van der Waals surface area contributed by atoms with Gasteiger partial charge in [0.05, 0.1) is 5.54 Å². The van der Waals surface area contributed by atoms with Gasteiger partial charge >= 0.3 is 0 Å². The summed E-state index contributed by atoms with van der Waals surface area (Å²) in [4.78, 5) is 16.0. The van der Waals surface area contributed by atoms with Crippen LogP contribution in [-0.2, 0) is 12.1 Å². The molecule has 116 valence electrons. The van der Waals surface area contributed by atoms with Crippen molar-refractivity contribution in [3.05, 3.63) is 47.7 Å². The molecule has 1 aliphatic rings. The van der Waals surface area contributed by atoms with Gasteiger partial charge in [0.25, 0.3) is 0 Å². The highest BCUT2D eigenvalue weighted by Gasteiger charge is 2.40. The van der Waals surface area contributed by atoms with Crippen molar-refractivity contribution >= 4 is 5.82 Å². The second-order valence-corrected chi connectivity index (χ2v) is 6.12. The van der Waals surface area contributed by atoms with Crippen LogP contribution in [0.1, 0.15) is 36.8 Å². The molecule has 0 radical (unpaired) electrons. The van der Waals surface area contributed by atoms with Gasteiger partial charge < -0.3 is 5.32 Å². The number of anilines is 1. The number of aromatic nitrogens is 3. The zero-order chi connectivity index (χ0) is 15.6. The maximum Gasteiger partial charge on any atom is 0.150 e. The van der Waals surface area contributed by atoms with Crippen molar-refractivity contribution in [1.82, 2.24) is 19.9 Å². The molecule has 1 saturated heterocycles. The molecule has 3 heterocycles. The highest BCUT2D eigenvalue weighted by atomic mass is 15.2. The van der Waals surface area contributed by atoms with E-state index in [1.807, 2.05) is 32.4 Å². The van der Waals surface area contributed by atoms with Gasteiger partial charge in [-0.1, -0.05) is 0 Å². The highest BCUT2D eigenvalue weighted by molar-refractivity contribution is 5.36. The first-order valence-electron chi connectivity index (χ1n) is 7.80. The fraction of sp³-hybridized carbons (Fsp3) is 0.471. The Morgan fingerprint density at radius 3 is 2.77 bits per heavy atom. The van der Waals surface area contributed by atoms with E-state index in [9.17, 15) is 0 Å². The van der Waals surface area contributed by atoms with Crippen molar-refractivity contribution < 1.29 is 0 Å². The quantitative estimate of drug-likeness (QED) is 0.940. The van der Waals surface area contributed by atoms with Crippen LogP contribution in [-0.4, -0.2) is 33.4 Å². The van der Waals surface area contributed by atoms with E-state index < -0.39 is 0 Å². The lowest BCUT2D eigenvalue weighted by Crippen LogP contribution is -2.39. The number of rotatable bonds is 4. The van der Waals surface area contributed by atoms with E-state index in [1.54, 1.807) is 0 Å². The first kappa shape index (κ1) is 14.9. The third-order valence-corrected chi connectivity index (χ3v) is 4.50. The Bertz CT molecular complexity index is 643. The van der Waals surface area contributed by atoms with Crippen LogP contribution in [0.5, 0.6) is 0 Å². The Hall–Kier alpha value is -2.01. The van der Waals surface area contributed by atoms with E-state index in [-0.39, 0.29) is 5.54 Å². The third kappa shape index (κ3) is 2.81. The lowest BCUT2D eigenvalue weighted by atomic mass is 9.97. The molecule has 0 aromatic carbocycles. The molecular formula is C17H23N5. The molecule has 0 amide bonds.